The SMILES string of the molecule is CCNC(=NCc1ccc(C(N)=O)cc1)NCCN(C)CCCOC. The second kappa shape index (κ2) is 12.3. The van der Waals surface area contributed by atoms with E-state index in [0.29, 0.717) is 12.1 Å². The normalized spacial score (nSPS) is 11.6. The van der Waals surface area contributed by atoms with E-state index in [1.807, 2.05) is 19.1 Å². The lowest BCUT2D eigenvalue weighted by atomic mass is 10.1. The van der Waals surface area contributed by atoms with Gasteiger partial charge >= 0.3 is 0 Å². The smallest absolute Gasteiger partial charge is 0.248 e. The maximum Gasteiger partial charge on any atom is 0.248 e. The molecule has 0 aliphatic carbocycles. The first-order chi connectivity index (χ1) is 12.1. The number of hydrogen-bond acceptors (Lipinski definition) is 4. The zero-order valence-corrected chi connectivity index (χ0v) is 15.5. The molecule has 0 unspecified atom stereocenters. The maximum atomic E-state index is 11.1. The monoisotopic (exact) mass is 349 g/mol. The molecule has 1 rings (SSSR count). The topological polar surface area (TPSA) is 92.0 Å². The van der Waals surface area contributed by atoms with E-state index in [9.17, 15) is 4.79 Å². The second-order valence-corrected chi connectivity index (χ2v) is 5.83. The Hall–Kier alpha value is -2.12. The Morgan fingerprint density at radius 2 is 1.96 bits per heavy atom. The van der Waals surface area contributed by atoms with Gasteiger partial charge in [-0.3, -0.25) is 4.79 Å². The molecule has 0 fully saturated rings. The van der Waals surface area contributed by atoms with E-state index in [1.54, 1.807) is 19.2 Å². The summed E-state index contributed by atoms with van der Waals surface area (Å²) in [4.78, 5) is 17.9. The molecule has 25 heavy (non-hydrogen) atoms. The Bertz CT molecular complexity index is 531. The summed E-state index contributed by atoms with van der Waals surface area (Å²) in [6, 6.07) is 7.19. The van der Waals surface area contributed by atoms with Crippen LogP contribution in [-0.2, 0) is 11.3 Å². The van der Waals surface area contributed by atoms with Gasteiger partial charge in [0.15, 0.2) is 5.96 Å². The van der Waals surface area contributed by atoms with Gasteiger partial charge in [0.25, 0.3) is 0 Å². The third kappa shape index (κ3) is 9.07. The van der Waals surface area contributed by atoms with E-state index in [1.165, 1.54) is 0 Å². The molecular formula is C18H31N5O2. The minimum atomic E-state index is -0.417. The standard InChI is InChI=1S/C18H31N5O2/c1-4-20-18(21-10-12-23(2)11-5-13-25-3)22-14-15-6-8-16(9-7-15)17(19)24/h6-9H,4-5,10-14H2,1-3H3,(H2,19,24)(H2,20,21,22). The summed E-state index contributed by atoms with van der Waals surface area (Å²) in [6.45, 7) is 6.92. The molecule has 1 aromatic rings. The van der Waals surface area contributed by atoms with E-state index >= 15 is 0 Å². The highest BCUT2D eigenvalue weighted by Gasteiger charge is 2.02. The minimum Gasteiger partial charge on any atom is -0.385 e. The van der Waals surface area contributed by atoms with E-state index in [2.05, 4.69) is 27.6 Å². The van der Waals surface area contributed by atoms with Crippen LogP contribution in [0.5, 0.6) is 0 Å². The number of amides is 1. The van der Waals surface area contributed by atoms with Crippen LogP contribution in [0.25, 0.3) is 0 Å². The van der Waals surface area contributed by atoms with Gasteiger partial charge in [-0.15, -0.1) is 0 Å². The summed E-state index contributed by atoms with van der Waals surface area (Å²) in [5.41, 5.74) is 6.78. The average molecular weight is 349 g/mol. The van der Waals surface area contributed by atoms with Crippen molar-refractivity contribution in [2.75, 3.05) is 46.9 Å². The summed E-state index contributed by atoms with van der Waals surface area (Å²) in [6.07, 6.45) is 1.03. The molecule has 0 heterocycles. The molecule has 0 aliphatic heterocycles. The highest BCUT2D eigenvalue weighted by Crippen LogP contribution is 2.05. The Kier molecular flexibility index (Phi) is 10.3. The maximum absolute atomic E-state index is 11.1. The number of aliphatic imine (C=N–C) groups is 1. The molecule has 7 heteroatoms. The number of carbonyl (C=O) groups excluding carboxylic acids is 1. The predicted molar refractivity (Wildman–Crippen MR) is 102 cm³/mol. The second-order valence-electron chi connectivity index (χ2n) is 5.83. The highest BCUT2D eigenvalue weighted by molar-refractivity contribution is 5.92. The molecule has 0 atom stereocenters. The number of nitrogens with two attached hydrogens (primary N) is 1. The summed E-state index contributed by atoms with van der Waals surface area (Å²) < 4.78 is 5.06. The first kappa shape index (κ1) is 20.9. The van der Waals surface area contributed by atoms with Gasteiger partial charge in [0.2, 0.25) is 5.91 Å². The first-order valence-corrected chi connectivity index (χ1v) is 8.65. The fourth-order valence-corrected chi connectivity index (χ4v) is 2.24. The minimum absolute atomic E-state index is 0.417. The van der Waals surface area contributed by atoms with Crippen LogP contribution >= 0.6 is 0 Å². The van der Waals surface area contributed by atoms with Crippen molar-refractivity contribution in [3.05, 3.63) is 35.4 Å². The Morgan fingerprint density at radius 1 is 1.24 bits per heavy atom. The number of ether oxygens (including phenoxy) is 1. The van der Waals surface area contributed by atoms with Crippen molar-refractivity contribution in [3.8, 4) is 0 Å². The number of nitrogens with zero attached hydrogens (tertiary/aromatic N) is 2. The van der Waals surface area contributed by atoms with Crippen molar-refractivity contribution < 1.29 is 9.53 Å². The lowest BCUT2D eigenvalue weighted by Crippen LogP contribution is -2.41. The quantitative estimate of drug-likeness (QED) is 0.312. The van der Waals surface area contributed by atoms with Crippen LogP contribution in [0.3, 0.4) is 0 Å². The van der Waals surface area contributed by atoms with Crippen LogP contribution in [0, 0.1) is 0 Å². The summed E-state index contributed by atoms with van der Waals surface area (Å²) in [5, 5.41) is 6.57. The van der Waals surface area contributed by atoms with Gasteiger partial charge in [0.1, 0.15) is 0 Å². The molecule has 140 valence electrons. The number of nitrogens with one attached hydrogen (secondary N) is 2. The van der Waals surface area contributed by atoms with Gasteiger partial charge < -0.3 is 26.0 Å². The molecule has 1 amide bonds. The fourth-order valence-electron chi connectivity index (χ4n) is 2.24. The van der Waals surface area contributed by atoms with Gasteiger partial charge in [-0.2, -0.15) is 0 Å². The molecule has 0 bridgehead atoms. The van der Waals surface area contributed by atoms with Crippen LogP contribution in [0.15, 0.2) is 29.3 Å². The molecule has 0 saturated carbocycles. The molecule has 0 aromatic heterocycles. The number of carbonyl (C=O) groups is 1. The van der Waals surface area contributed by atoms with Crippen molar-refractivity contribution in [1.82, 2.24) is 15.5 Å². The van der Waals surface area contributed by atoms with Crippen LogP contribution < -0.4 is 16.4 Å². The molecule has 0 radical (unpaired) electrons. The Balaban J connectivity index is 2.43. The van der Waals surface area contributed by atoms with E-state index < -0.39 is 5.91 Å². The number of hydrogen-bond donors (Lipinski definition) is 3. The van der Waals surface area contributed by atoms with Gasteiger partial charge in [-0.1, -0.05) is 12.1 Å². The number of rotatable bonds is 11. The fraction of sp³-hybridized carbons (Fsp3) is 0.556. The molecular weight excluding hydrogens is 318 g/mol. The lowest BCUT2D eigenvalue weighted by Gasteiger charge is -2.18. The van der Waals surface area contributed by atoms with Crippen molar-refractivity contribution >= 4 is 11.9 Å². The van der Waals surface area contributed by atoms with Crippen molar-refractivity contribution in [1.29, 1.82) is 0 Å². The van der Waals surface area contributed by atoms with E-state index in [4.69, 9.17) is 10.5 Å². The number of methoxy groups -OCH3 is 1. The van der Waals surface area contributed by atoms with Gasteiger partial charge in [-0.25, -0.2) is 4.99 Å². The van der Waals surface area contributed by atoms with Gasteiger partial charge in [0, 0.05) is 45.5 Å². The molecule has 0 spiro atoms. The van der Waals surface area contributed by atoms with Crippen molar-refractivity contribution in [3.63, 3.8) is 0 Å². The van der Waals surface area contributed by atoms with E-state index in [-0.39, 0.29) is 0 Å². The molecule has 0 saturated heterocycles. The Morgan fingerprint density at radius 3 is 2.56 bits per heavy atom. The van der Waals surface area contributed by atoms with E-state index in [0.717, 1.165) is 50.7 Å². The number of likely N-dealkylation sites (N-methyl/N-ethyl adjacent to an activating group) is 1. The van der Waals surface area contributed by atoms with Crippen molar-refractivity contribution in [2.45, 2.75) is 19.9 Å². The first-order valence-electron chi connectivity index (χ1n) is 8.65. The molecule has 0 aliphatic rings. The highest BCUT2D eigenvalue weighted by atomic mass is 16.5. The van der Waals surface area contributed by atoms with Crippen LogP contribution in [0.4, 0.5) is 0 Å². The third-order valence-electron chi connectivity index (χ3n) is 3.68. The molecule has 4 N–H and O–H groups in total. The van der Waals surface area contributed by atoms with Gasteiger partial charge in [0.05, 0.1) is 6.54 Å². The predicted octanol–water partition coefficient (Wildman–Crippen LogP) is 0.809. The molecule has 7 nitrogen and oxygen atoms in total. The summed E-state index contributed by atoms with van der Waals surface area (Å²) in [5.74, 6) is 0.367. The lowest BCUT2D eigenvalue weighted by molar-refractivity contribution is 0.100. The number of primary amides is 1. The molecule has 1 aromatic carbocycles. The summed E-state index contributed by atoms with van der Waals surface area (Å²) in [7, 11) is 3.82. The summed E-state index contributed by atoms with van der Waals surface area (Å²) >= 11 is 0. The van der Waals surface area contributed by atoms with Crippen LogP contribution in [-0.4, -0.2) is 63.7 Å². The average Bonchev–Trinajstić information content (AvgIpc) is 2.60. The zero-order valence-electron chi connectivity index (χ0n) is 15.5. The van der Waals surface area contributed by atoms with Gasteiger partial charge in [-0.05, 0) is 38.1 Å². The third-order valence-corrected chi connectivity index (χ3v) is 3.68. The Labute approximate surface area is 150 Å². The van der Waals surface area contributed by atoms with Crippen LogP contribution in [0.1, 0.15) is 29.3 Å². The zero-order chi connectivity index (χ0) is 18.5. The van der Waals surface area contributed by atoms with Crippen molar-refractivity contribution in [2.24, 2.45) is 10.7 Å². The number of guanidine groups is 1. The van der Waals surface area contributed by atoms with Crippen LogP contribution in [0.2, 0.25) is 0 Å². The number of benzene rings is 1. The largest absolute Gasteiger partial charge is 0.385 e.